The van der Waals surface area contributed by atoms with E-state index in [1.165, 1.54) is 5.57 Å². The Morgan fingerprint density at radius 1 is 1.13 bits per heavy atom. The summed E-state index contributed by atoms with van der Waals surface area (Å²) in [6, 6.07) is 0. The molecule has 0 unspecified atom stereocenters. The molecule has 0 amide bonds. The lowest BCUT2D eigenvalue weighted by atomic mass is 10.1. The van der Waals surface area contributed by atoms with E-state index >= 15 is 0 Å². The summed E-state index contributed by atoms with van der Waals surface area (Å²) in [6.45, 7) is 2.29. The molecule has 15 heavy (non-hydrogen) atoms. The molecule has 3 heteroatoms. The van der Waals surface area contributed by atoms with Crippen LogP contribution in [0.1, 0.15) is 45.4 Å². The van der Waals surface area contributed by atoms with Crippen LogP contribution in [-0.4, -0.2) is 18.4 Å². The summed E-state index contributed by atoms with van der Waals surface area (Å²) >= 11 is 0. The number of ether oxygens (including phenoxy) is 1. The van der Waals surface area contributed by atoms with Crippen LogP contribution in [0.3, 0.4) is 0 Å². The molecule has 0 fully saturated rings. The van der Waals surface area contributed by atoms with E-state index in [1.807, 2.05) is 6.92 Å². The molecule has 0 aromatic rings. The lowest BCUT2D eigenvalue weighted by molar-refractivity contribution is -0.144. The van der Waals surface area contributed by atoms with Crippen LogP contribution in [0.4, 0.5) is 0 Å². The molecule has 84 valence electrons. The van der Waals surface area contributed by atoms with Gasteiger partial charge >= 0.3 is 5.97 Å². The molecule has 0 bridgehead atoms. The molecule has 0 saturated heterocycles. The zero-order chi connectivity index (χ0) is 11.1. The number of carbonyl (C=O) groups excluding carboxylic acids is 2. The predicted molar refractivity (Wildman–Crippen MR) is 57.4 cm³/mol. The third-order valence-electron chi connectivity index (χ3n) is 2.52. The second kappa shape index (κ2) is 6.38. The lowest BCUT2D eigenvalue weighted by Crippen LogP contribution is -2.10. The number of ketones is 1. The van der Waals surface area contributed by atoms with Crippen LogP contribution >= 0.6 is 0 Å². The van der Waals surface area contributed by atoms with Gasteiger partial charge in [-0.15, -0.1) is 0 Å². The molecule has 3 nitrogen and oxygen atoms in total. The van der Waals surface area contributed by atoms with Crippen molar-refractivity contribution in [1.29, 1.82) is 0 Å². The molecule has 0 saturated carbocycles. The van der Waals surface area contributed by atoms with Crippen molar-refractivity contribution in [1.82, 2.24) is 0 Å². The van der Waals surface area contributed by atoms with Crippen molar-refractivity contribution in [3.05, 3.63) is 11.6 Å². The van der Waals surface area contributed by atoms with Crippen molar-refractivity contribution in [2.75, 3.05) is 6.61 Å². The number of hydrogen-bond donors (Lipinski definition) is 0. The monoisotopic (exact) mass is 210 g/mol. The van der Waals surface area contributed by atoms with Gasteiger partial charge < -0.3 is 4.74 Å². The van der Waals surface area contributed by atoms with Crippen LogP contribution in [0.5, 0.6) is 0 Å². The van der Waals surface area contributed by atoms with Gasteiger partial charge in [0.1, 0.15) is 5.78 Å². The second-order valence-electron chi connectivity index (χ2n) is 3.95. The zero-order valence-corrected chi connectivity index (χ0v) is 9.25. The van der Waals surface area contributed by atoms with Gasteiger partial charge in [-0.05, 0) is 26.2 Å². The predicted octanol–water partition coefficient (Wildman–Crippen LogP) is 2.40. The van der Waals surface area contributed by atoms with Crippen molar-refractivity contribution in [3.63, 3.8) is 0 Å². The van der Waals surface area contributed by atoms with Gasteiger partial charge in [0.25, 0.3) is 0 Å². The quantitative estimate of drug-likeness (QED) is 0.455. The van der Waals surface area contributed by atoms with Gasteiger partial charge in [-0.3, -0.25) is 9.59 Å². The number of carbonyl (C=O) groups is 2. The highest BCUT2D eigenvalue weighted by atomic mass is 16.5. The fourth-order valence-electron chi connectivity index (χ4n) is 1.51. The van der Waals surface area contributed by atoms with Crippen LogP contribution in [0, 0.1) is 0 Å². The average Bonchev–Trinajstić information content (AvgIpc) is 2.20. The van der Waals surface area contributed by atoms with Crippen molar-refractivity contribution in [3.8, 4) is 0 Å². The third kappa shape index (κ3) is 5.35. The average molecular weight is 210 g/mol. The smallest absolute Gasteiger partial charge is 0.305 e. The van der Waals surface area contributed by atoms with Gasteiger partial charge in [0, 0.05) is 19.3 Å². The Morgan fingerprint density at radius 2 is 1.93 bits per heavy atom. The summed E-state index contributed by atoms with van der Waals surface area (Å²) in [7, 11) is 0. The highest BCUT2D eigenvalue weighted by Gasteiger charge is 2.07. The van der Waals surface area contributed by atoms with Crippen LogP contribution < -0.4 is 0 Å². The Labute approximate surface area is 90.5 Å². The topological polar surface area (TPSA) is 43.4 Å². The first kappa shape index (κ1) is 12.0. The van der Waals surface area contributed by atoms with Crippen molar-refractivity contribution in [2.45, 2.75) is 45.4 Å². The van der Waals surface area contributed by atoms with Crippen LogP contribution in [0.15, 0.2) is 11.6 Å². The van der Waals surface area contributed by atoms with E-state index in [9.17, 15) is 9.59 Å². The van der Waals surface area contributed by atoms with Gasteiger partial charge in [-0.1, -0.05) is 11.6 Å². The Bertz CT molecular complexity index is 266. The SMILES string of the molecule is C/C1=C\CCCC(=O)OCCC(=O)CC1. The summed E-state index contributed by atoms with van der Waals surface area (Å²) < 4.78 is 4.93. The molecular weight excluding hydrogens is 192 g/mol. The first-order valence-electron chi connectivity index (χ1n) is 5.51. The molecule has 1 heterocycles. The molecule has 0 radical (unpaired) electrons. The maximum absolute atomic E-state index is 11.3. The van der Waals surface area contributed by atoms with E-state index in [4.69, 9.17) is 4.74 Å². The Balaban J connectivity index is 2.48. The van der Waals surface area contributed by atoms with Crippen LogP contribution in [0.25, 0.3) is 0 Å². The number of hydrogen-bond acceptors (Lipinski definition) is 3. The molecule has 0 spiro atoms. The molecule has 0 aromatic heterocycles. The maximum atomic E-state index is 11.3. The first-order valence-corrected chi connectivity index (χ1v) is 5.51. The lowest BCUT2D eigenvalue weighted by Gasteiger charge is -2.06. The molecule has 1 aliphatic rings. The standard InChI is InChI=1S/C12H18O3/c1-10-4-2-3-5-12(14)15-9-8-11(13)7-6-10/h4H,2-3,5-9H2,1H3/b10-4+. The minimum atomic E-state index is -0.186. The summed E-state index contributed by atoms with van der Waals surface area (Å²) in [6.07, 6.45) is 6.07. The fourth-order valence-corrected chi connectivity index (χ4v) is 1.51. The normalized spacial score (nSPS) is 24.5. The summed E-state index contributed by atoms with van der Waals surface area (Å²) in [4.78, 5) is 22.5. The van der Waals surface area contributed by atoms with Gasteiger partial charge in [0.15, 0.2) is 0 Å². The molecule has 1 rings (SSSR count). The minimum Gasteiger partial charge on any atom is -0.465 e. The van der Waals surface area contributed by atoms with Gasteiger partial charge in [0.2, 0.25) is 0 Å². The van der Waals surface area contributed by atoms with Crippen molar-refractivity contribution in [2.24, 2.45) is 0 Å². The van der Waals surface area contributed by atoms with Crippen molar-refractivity contribution >= 4 is 11.8 Å². The summed E-state index contributed by atoms with van der Waals surface area (Å²) in [5.41, 5.74) is 1.25. The number of rotatable bonds is 0. The number of cyclic esters (lactones) is 1. The number of allylic oxidation sites excluding steroid dienone is 2. The molecule has 0 aliphatic carbocycles. The second-order valence-corrected chi connectivity index (χ2v) is 3.95. The molecule has 0 atom stereocenters. The van der Waals surface area contributed by atoms with Gasteiger partial charge in [-0.25, -0.2) is 0 Å². The van der Waals surface area contributed by atoms with E-state index in [2.05, 4.69) is 6.08 Å². The highest BCUT2D eigenvalue weighted by molar-refractivity contribution is 5.79. The zero-order valence-electron chi connectivity index (χ0n) is 9.25. The Morgan fingerprint density at radius 3 is 2.73 bits per heavy atom. The number of esters is 1. The summed E-state index contributed by atoms with van der Waals surface area (Å²) in [5, 5.41) is 0. The van der Waals surface area contributed by atoms with E-state index in [-0.39, 0.29) is 18.4 Å². The van der Waals surface area contributed by atoms with Crippen LogP contribution in [-0.2, 0) is 14.3 Å². The Hall–Kier alpha value is -1.12. The molecular formula is C12H18O3. The Kier molecular flexibility index (Phi) is 5.08. The molecule has 0 aromatic carbocycles. The minimum absolute atomic E-state index is 0.177. The van der Waals surface area contributed by atoms with Gasteiger partial charge in [-0.2, -0.15) is 0 Å². The van der Waals surface area contributed by atoms with E-state index < -0.39 is 0 Å². The number of Topliss-reactive ketones (excluding diaryl/α,β-unsaturated/α-hetero) is 1. The molecule has 1 aliphatic heterocycles. The third-order valence-corrected chi connectivity index (χ3v) is 2.52. The molecule has 0 N–H and O–H groups in total. The highest BCUT2D eigenvalue weighted by Crippen LogP contribution is 2.10. The van der Waals surface area contributed by atoms with Crippen molar-refractivity contribution < 1.29 is 14.3 Å². The van der Waals surface area contributed by atoms with E-state index in [0.29, 0.717) is 19.3 Å². The van der Waals surface area contributed by atoms with E-state index in [1.54, 1.807) is 0 Å². The largest absolute Gasteiger partial charge is 0.465 e. The van der Waals surface area contributed by atoms with Crippen LogP contribution in [0.2, 0.25) is 0 Å². The first-order chi connectivity index (χ1) is 7.18. The van der Waals surface area contributed by atoms with Gasteiger partial charge in [0.05, 0.1) is 6.61 Å². The van der Waals surface area contributed by atoms with E-state index in [0.717, 1.165) is 19.3 Å². The summed E-state index contributed by atoms with van der Waals surface area (Å²) in [5.74, 6) is -0.00875. The fraction of sp³-hybridized carbons (Fsp3) is 0.667. The maximum Gasteiger partial charge on any atom is 0.305 e.